The maximum Gasteiger partial charge on any atom is 0.343 e. The number of likely N-dealkylation sites (tertiary alicyclic amines) is 1. The smallest absolute Gasteiger partial charge is 0.343 e. The molecule has 1 heterocycles. The van der Waals surface area contributed by atoms with Gasteiger partial charge >= 0.3 is 5.97 Å². The Hall–Kier alpha value is -2.95. The molecule has 178 valence electrons. The minimum absolute atomic E-state index is 0.204. The number of hydrogen-bond acceptors (Lipinski definition) is 4. The topological polar surface area (TPSA) is 38.8 Å². The summed E-state index contributed by atoms with van der Waals surface area (Å²) in [5.74, 6) is -0.0720. The van der Waals surface area contributed by atoms with Crippen LogP contribution in [0.1, 0.15) is 35.6 Å². The van der Waals surface area contributed by atoms with Gasteiger partial charge in [0, 0.05) is 26.1 Å². The van der Waals surface area contributed by atoms with E-state index in [9.17, 15) is 4.79 Å². The first-order chi connectivity index (χ1) is 16.5. The molecule has 4 rings (SSSR count). The maximum atomic E-state index is 13.5. The fourth-order valence-corrected chi connectivity index (χ4v) is 4.73. The van der Waals surface area contributed by atoms with Crippen LogP contribution in [0.25, 0.3) is 0 Å². The predicted molar refractivity (Wildman–Crippen MR) is 135 cm³/mol. The molecule has 34 heavy (non-hydrogen) atoms. The average Bonchev–Trinajstić information content (AvgIpc) is 2.87. The minimum Gasteiger partial charge on any atom is -0.458 e. The third-order valence-corrected chi connectivity index (χ3v) is 7.03. The minimum atomic E-state index is -1.14. The summed E-state index contributed by atoms with van der Waals surface area (Å²) >= 11 is 0. The van der Waals surface area contributed by atoms with Gasteiger partial charge in [0.25, 0.3) is 0 Å². The molecule has 1 aliphatic heterocycles. The lowest BCUT2D eigenvalue weighted by atomic mass is 9.87. The zero-order valence-corrected chi connectivity index (χ0v) is 20.4. The number of hydrogen-bond donors (Lipinski definition) is 0. The Kier molecular flexibility index (Phi) is 7.81. The summed E-state index contributed by atoms with van der Waals surface area (Å²) in [5, 5.41) is 0. The molecule has 1 aliphatic rings. The van der Waals surface area contributed by atoms with E-state index in [-0.39, 0.29) is 18.0 Å². The van der Waals surface area contributed by atoms with E-state index in [0.29, 0.717) is 6.54 Å². The molecule has 1 unspecified atom stereocenters. The van der Waals surface area contributed by atoms with E-state index >= 15 is 0 Å². The molecular formula is C30H35NO3. The van der Waals surface area contributed by atoms with E-state index in [2.05, 4.69) is 60.4 Å². The fourth-order valence-electron chi connectivity index (χ4n) is 4.73. The van der Waals surface area contributed by atoms with E-state index in [0.717, 1.165) is 31.5 Å². The third-order valence-electron chi connectivity index (χ3n) is 7.03. The van der Waals surface area contributed by atoms with Gasteiger partial charge in [-0.3, -0.25) is 4.90 Å². The quantitative estimate of drug-likeness (QED) is 0.417. The number of methoxy groups -OCH3 is 1. The molecule has 0 radical (unpaired) electrons. The highest BCUT2D eigenvalue weighted by molar-refractivity contribution is 5.81. The average molecular weight is 458 g/mol. The second kappa shape index (κ2) is 11.0. The lowest BCUT2D eigenvalue weighted by Gasteiger charge is -2.39. The summed E-state index contributed by atoms with van der Waals surface area (Å²) in [6, 6.07) is 28.8. The summed E-state index contributed by atoms with van der Waals surface area (Å²) in [4.78, 5) is 15.9. The third kappa shape index (κ3) is 5.75. The van der Waals surface area contributed by atoms with Gasteiger partial charge in [0.05, 0.1) is 0 Å². The van der Waals surface area contributed by atoms with Crippen LogP contribution in [0.4, 0.5) is 0 Å². The second-order valence-corrected chi connectivity index (χ2v) is 9.51. The van der Waals surface area contributed by atoms with E-state index < -0.39 is 5.60 Å². The van der Waals surface area contributed by atoms with Crippen LogP contribution < -0.4 is 0 Å². The van der Waals surface area contributed by atoms with Crippen molar-refractivity contribution in [2.45, 2.75) is 44.9 Å². The van der Waals surface area contributed by atoms with Crippen molar-refractivity contribution in [2.24, 2.45) is 5.92 Å². The van der Waals surface area contributed by atoms with Gasteiger partial charge in [0.15, 0.2) is 5.60 Å². The predicted octanol–water partition coefficient (Wildman–Crippen LogP) is 5.53. The molecule has 4 nitrogen and oxygen atoms in total. The Labute approximate surface area is 203 Å². The molecule has 0 aliphatic carbocycles. The summed E-state index contributed by atoms with van der Waals surface area (Å²) in [7, 11) is 1.57. The van der Waals surface area contributed by atoms with Crippen LogP contribution in [0.15, 0.2) is 84.9 Å². The lowest BCUT2D eigenvalue weighted by Crippen LogP contribution is -2.49. The van der Waals surface area contributed by atoms with Crippen LogP contribution >= 0.6 is 0 Å². The SMILES string of the molecule is COC(C)(C(=O)O[C@@H]1CN(Cc2ccccc2)CC[C@@H]1Cc1ccc(C)cc1)c1ccccc1. The van der Waals surface area contributed by atoms with E-state index in [4.69, 9.17) is 9.47 Å². The molecule has 1 fully saturated rings. The number of nitrogens with zero attached hydrogens (tertiary/aromatic N) is 1. The largest absolute Gasteiger partial charge is 0.458 e. The zero-order chi connectivity index (χ0) is 24.0. The van der Waals surface area contributed by atoms with Gasteiger partial charge in [-0.1, -0.05) is 90.5 Å². The Morgan fingerprint density at radius 2 is 1.59 bits per heavy atom. The highest BCUT2D eigenvalue weighted by Crippen LogP contribution is 2.31. The Morgan fingerprint density at radius 3 is 2.24 bits per heavy atom. The molecule has 3 aromatic rings. The van der Waals surface area contributed by atoms with Gasteiger partial charge in [-0.25, -0.2) is 4.79 Å². The van der Waals surface area contributed by atoms with Gasteiger partial charge in [0.1, 0.15) is 6.10 Å². The van der Waals surface area contributed by atoms with Crippen LogP contribution in [-0.4, -0.2) is 37.2 Å². The molecule has 0 bridgehead atoms. The van der Waals surface area contributed by atoms with Gasteiger partial charge in [0.2, 0.25) is 0 Å². The molecular weight excluding hydrogens is 422 g/mol. The zero-order valence-electron chi connectivity index (χ0n) is 20.4. The van der Waals surface area contributed by atoms with Crippen molar-refractivity contribution < 1.29 is 14.3 Å². The fraction of sp³-hybridized carbons (Fsp3) is 0.367. The van der Waals surface area contributed by atoms with Gasteiger partial charge in [-0.05, 0) is 49.9 Å². The van der Waals surface area contributed by atoms with Gasteiger partial charge < -0.3 is 9.47 Å². The highest BCUT2D eigenvalue weighted by Gasteiger charge is 2.41. The first-order valence-corrected chi connectivity index (χ1v) is 12.1. The molecule has 3 aromatic carbocycles. The summed E-state index contributed by atoms with van der Waals surface area (Å²) in [6.07, 6.45) is 1.67. The molecule has 3 atom stereocenters. The lowest BCUT2D eigenvalue weighted by molar-refractivity contribution is -0.180. The number of carbonyl (C=O) groups is 1. The highest BCUT2D eigenvalue weighted by atomic mass is 16.6. The standard InChI is InChI=1S/C30H35NO3/c1-23-14-16-24(17-15-23)20-26-18-19-31(21-25-10-6-4-7-11-25)22-28(26)34-29(32)30(2,33-3)27-12-8-5-9-13-27/h4-17,26,28H,18-22H2,1-3H3/t26-,28-,30?/m1/s1. The molecule has 0 N–H and O–H groups in total. The van der Waals surface area contributed by atoms with Crippen molar-refractivity contribution in [3.05, 3.63) is 107 Å². The number of aryl methyl sites for hydroxylation is 1. The van der Waals surface area contributed by atoms with Crippen molar-refractivity contribution in [3.63, 3.8) is 0 Å². The number of carbonyl (C=O) groups excluding carboxylic acids is 1. The van der Waals surface area contributed by atoms with E-state index in [1.165, 1.54) is 16.7 Å². The Morgan fingerprint density at radius 1 is 0.941 bits per heavy atom. The molecule has 0 saturated carbocycles. The molecule has 4 heteroatoms. The van der Waals surface area contributed by atoms with Crippen molar-refractivity contribution in [3.8, 4) is 0 Å². The maximum absolute atomic E-state index is 13.5. The summed E-state index contributed by atoms with van der Waals surface area (Å²) in [5.41, 5.74) is 3.47. The number of rotatable bonds is 8. The molecule has 0 spiro atoms. The normalized spacial score (nSPS) is 20.4. The number of esters is 1. The van der Waals surface area contributed by atoms with Crippen LogP contribution in [0.3, 0.4) is 0 Å². The van der Waals surface area contributed by atoms with Crippen molar-refractivity contribution >= 4 is 5.97 Å². The summed E-state index contributed by atoms with van der Waals surface area (Å²) in [6.45, 7) is 6.45. The van der Waals surface area contributed by atoms with Gasteiger partial charge in [-0.2, -0.15) is 0 Å². The molecule has 0 amide bonds. The van der Waals surface area contributed by atoms with Crippen LogP contribution in [0, 0.1) is 12.8 Å². The first-order valence-electron chi connectivity index (χ1n) is 12.1. The van der Waals surface area contributed by atoms with E-state index in [1.54, 1.807) is 14.0 Å². The number of benzene rings is 3. The monoisotopic (exact) mass is 457 g/mol. The van der Waals surface area contributed by atoms with Gasteiger partial charge in [-0.15, -0.1) is 0 Å². The van der Waals surface area contributed by atoms with Crippen molar-refractivity contribution in [2.75, 3.05) is 20.2 Å². The second-order valence-electron chi connectivity index (χ2n) is 9.51. The van der Waals surface area contributed by atoms with Crippen LogP contribution in [0.5, 0.6) is 0 Å². The molecule has 1 saturated heterocycles. The van der Waals surface area contributed by atoms with Crippen molar-refractivity contribution in [1.29, 1.82) is 0 Å². The van der Waals surface area contributed by atoms with Crippen molar-refractivity contribution in [1.82, 2.24) is 4.90 Å². The van der Waals surface area contributed by atoms with Crippen LogP contribution in [0.2, 0.25) is 0 Å². The summed E-state index contributed by atoms with van der Waals surface area (Å²) < 4.78 is 12.0. The van der Waals surface area contributed by atoms with E-state index in [1.807, 2.05) is 36.4 Å². The number of ether oxygens (including phenoxy) is 2. The van der Waals surface area contributed by atoms with Crippen LogP contribution in [-0.2, 0) is 32.8 Å². The number of piperidine rings is 1. The Bertz CT molecular complexity index is 1050. The first kappa shape index (κ1) is 24.2. The molecule has 0 aromatic heterocycles. The Balaban J connectivity index is 1.53.